The lowest BCUT2D eigenvalue weighted by atomic mass is 10.4. The Morgan fingerprint density at radius 3 is 2.71 bits per heavy atom. The average molecular weight is 254 g/mol. The third kappa shape index (κ3) is 1.30. The number of fused-ring (bicyclic) bond motifs is 1. The van der Waals surface area contributed by atoms with Crippen LogP contribution in [0.5, 0.6) is 0 Å². The summed E-state index contributed by atoms with van der Waals surface area (Å²) in [5.41, 5.74) is 1.99. The summed E-state index contributed by atoms with van der Waals surface area (Å²) in [5, 5.41) is 0. The molecule has 0 aromatic carbocycles. The van der Waals surface area contributed by atoms with E-state index in [9.17, 15) is 0 Å². The van der Waals surface area contributed by atoms with E-state index in [1.54, 1.807) is 0 Å². The van der Waals surface area contributed by atoms with Gasteiger partial charge in [0.25, 0.3) is 0 Å². The normalized spacial score (nSPS) is 10.9. The Kier molecular flexibility index (Phi) is 2.23. The van der Waals surface area contributed by atoms with Gasteiger partial charge in [-0.1, -0.05) is 6.07 Å². The van der Waals surface area contributed by atoms with E-state index < -0.39 is 0 Å². The molecule has 0 fully saturated rings. The molecule has 0 radical (unpaired) electrons. The number of hydrogen-bond donors (Lipinski definition) is 0. The molecule has 2 rings (SSSR count). The van der Waals surface area contributed by atoms with Crippen molar-refractivity contribution in [1.82, 2.24) is 9.38 Å². The van der Waals surface area contributed by atoms with Crippen LogP contribution in [0.4, 0.5) is 5.82 Å². The van der Waals surface area contributed by atoms with E-state index >= 15 is 0 Å². The molecule has 0 saturated carbocycles. The lowest BCUT2D eigenvalue weighted by Gasteiger charge is -2.14. The Balaban J connectivity index is 2.84. The lowest BCUT2D eigenvalue weighted by Crippen LogP contribution is -2.12. The fraction of sp³-hybridized carbons (Fsp3) is 0.300. The first-order valence-electron chi connectivity index (χ1n) is 4.42. The summed E-state index contributed by atoms with van der Waals surface area (Å²) in [6.07, 6.45) is 0. The molecule has 0 N–H and O–H groups in total. The summed E-state index contributed by atoms with van der Waals surface area (Å²) >= 11 is 3.54. The van der Waals surface area contributed by atoms with Gasteiger partial charge < -0.3 is 4.90 Å². The molecule has 3 nitrogen and oxygen atoms in total. The fourth-order valence-corrected chi connectivity index (χ4v) is 1.96. The van der Waals surface area contributed by atoms with Gasteiger partial charge in [0.15, 0.2) is 0 Å². The van der Waals surface area contributed by atoms with Gasteiger partial charge in [-0.25, -0.2) is 4.98 Å². The topological polar surface area (TPSA) is 20.5 Å². The van der Waals surface area contributed by atoms with E-state index in [4.69, 9.17) is 0 Å². The first-order chi connectivity index (χ1) is 6.61. The van der Waals surface area contributed by atoms with Crippen LogP contribution in [-0.2, 0) is 0 Å². The zero-order valence-corrected chi connectivity index (χ0v) is 10.0. The van der Waals surface area contributed by atoms with Gasteiger partial charge in [0.1, 0.15) is 16.1 Å². The molecule has 0 saturated heterocycles. The molecule has 4 heteroatoms. The van der Waals surface area contributed by atoms with Crippen LogP contribution in [0.1, 0.15) is 5.69 Å². The van der Waals surface area contributed by atoms with Crippen molar-refractivity contribution in [3.8, 4) is 0 Å². The van der Waals surface area contributed by atoms with Gasteiger partial charge >= 0.3 is 0 Å². The van der Waals surface area contributed by atoms with Crippen LogP contribution in [-0.4, -0.2) is 23.5 Å². The second-order valence-corrected chi connectivity index (χ2v) is 4.21. The maximum Gasteiger partial charge on any atom is 0.139 e. The first kappa shape index (κ1) is 9.52. The highest BCUT2D eigenvalue weighted by Crippen LogP contribution is 2.23. The smallest absolute Gasteiger partial charge is 0.139 e. The van der Waals surface area contributed by atoms with Crippen molar-refractivity contribution >= 4 is 27.4 Å². The Labute approximate surface area is 91.5 Å². The summed E-state index contributed by atoms with van der Waals surface area (Å²) in [7, 11) is 4.05. The monoisotopic (exact) mass is 253 g/mol. The van der Waals surface area contributed by atoms with Gasteiger partial charge in [-0.05, 0) is 35.0 Å². The van der Waals surface area contributed by atoms with Crippen LogP contribution in [0, 0.1) is 6.92 Å². The largest absolute Gasteiger partial charge is 0.364 e. The maximum absolute atomic E-state index is 4.45. The van der Waals surface area contributed by atoms with Gasteiger partial charge in [0.05, 0.1) is 5.69 Å². The number of anilines is 1. The highest BCUT2D eigenvalue weighted by molar-refractivity contribution is 9.10. The SMILES string of the molecule is Cc1nc2cccc(N(C)C)n2c1Br. The van der Waals surface area contributed by atoms with Crippen molar-refractivity contribution in [1.29, 1.82) is 0 Å². The third-order valence-corrected chi connectivity index (χ3v) is 3.11. The van der Waals surface area contributed by atoms with Crippen molar-refractivity contribution in [2.75, 3.05) is 19.0 Å². The van der Waals surface area contributed by atoms with Gasteiger partial charge in [-0.15, -0.1) is 0 Å². The highest BCUT2D eigenvalue weighted by atomic mass is 79.9. The predicted octanol–water partition coefficient (Wildman–Crippen LogP) is 2.47. The molecule has 2 aromatic heterocycles. The number of rotatable bonds is 1. The van der Waals surface area contributed by atoms with E-state index in [1.165, 1.54) is 0 Å². The average Bonchev–Trinajstić information content (AvgIpc) is 2.43. The number of aryl methyl sites for hydroxylation is 1. The molecule has 0 aliphatic rings. The second-order valence-electron chi connectivity index (χ2n) is 3.46. The highest BCUT2D eigenvalue weighted by Gasteiger charge is 2.09. The standard InChI is InChI=1S/C10H12BrN3/c1-7-10(11)14-8(12-7)5-4-6-9(14)13(2)3/h4-6H,1-3H3. The number of pyridine rings is 1. The van der Waals surface area contributed by atoms with Crippen LogP contribution in [0.15, 0.2) is 22.8 Å². The summed E-state index contributed by atoms with van der Waals surface area (Å²) in [6, 6.07) is 6.09. The zero-order valence-electron chi connectivity index (χ0n) is 8.45. The minimum Gasteiger partial charge on any atom is -0.364 e. The molecule has 2 heterocycles. The minimum atomic E-state index is 0.973. The van der Waals surface area contributed by atoms with E-state index in [-0.39, 0.29) is 0 Å². The van der Waals surface area contributed by atoms with Crippen molar-refractivity contribution in [3.63, 3.8) is 0 Å². The van der Waals surface area contributed by atoms with Gasteiger partial charge in [-0.3, -0.25) is 4.40 Å². The predicted molar refractivity (Wildman–Crippen MR) is 62.0 cm³/mol. The van der Waals surface area contributed by atoms with Gasteiger partial charge in [0, 0.05) is 14.1 Å². The molecule has 2 aromatic rings. The number of hydrogen-bond acceptors (Lipinski definition) is 2. The summed E-state index contributed by atoms with van der Waals surface area (Å²) in [6.45, 7) is 2.00. The van der Waals surface area contributed by atoms with Gasteiger partial charge in [0.2, 0.25) is 0 Å². The molecule has 0 bridgehead atoms. The Hall–Kier alpha value is -1.03. The van der Waals surface area contributed by atoms with E-state index in [2.05, 4.69) is 36.3 Å². The minimum absolute atomic E-state index is 0.973. The number of halogens is 1. The van der Waals surface area contributed by atoms with Crippen LogP contribution in [0.25, 0.3) is 5.65 Å². The molecule has 0 amide bonds. The third-order valence-electron chi connectivity index (χ3n) is 2.18. The summed E-state index contributed by atoms with van der Waals surface area (Å²) < 4.78 is 3.12. The van der Waals surface area contributed by atoms with Crippen LogP contribution in [0.2, 0.25) is 0 Å². The van der Waals surface area contributed by atoms with E-state index in [0.29, 0.717) is 0 Å². The number of aromatic nitrogens is 2. The number of imidazole rings is 1. The molecule has 0 atom stereocenters. The van der Waals surface area contributed by atoms with E-state index in [0.717, 1.165) is 21.8 Å². The van der Waals surface area contributed by atoms with Crippen molar-refractivity contribution < 1.29 is 0 Å². The fourth-order valence-electron chi connectivity index (χ4n) is 1.50. The molecule has 74 valence electrons. The van der Waals surface area contributed by atoms with Gasteiger partial charge in [-0.2, -0.15) is 0 Å². The Bertz CT molecular complexity index is 473. The second kappa shape index (κ2) is 3.28. The molecule has 0 unspecified atom stereocenters. The van der Waals surface area contributed by atoms with Crippen LogP contribution in [0.3, 0.4) is 0 Å². The van der Waals surface area contributed by atoms with Crippen molar-refractivity contribution in [2.45, 2.75) is 6.92 Å². The lowest BCUT2D eigenvalue weighted by molar-refractivity contribution is 1.01. The van der Waals surface area contributed by atoms with Crippen LogP contribution >= 0.6 is 15.9 Å². The maximum atomic E-state index is 4.45. The van der Waals surface area contributed by atoms with Crippen molar-refractivity contribution in [3.05, 3.63) is 28.5 Å². The first-order valence-corrected chi connectivity index (χ1v) is 5.21. The zero-order chi connectivity index (χ0) is 10.3. The molecule has 0 spiro atoms. The van der Waals surface area contributed by atoms with E-state index in [1.807, 2.05) is 33.2 Å². The molecule has 0 aliphatic heterocycles. The molecular formula is C10H12BrN3. The summed E-state index contributed by atoms with van der Waals surface area (Å²) in [5.74, 6) is 1.12. The molecule has 14 heavy (non-hydrogen) atoms. The molecular weight excluding hydrogens is 242 g/mol. The molecule has 0 aliphatic carbocycles. The quantitative estimate of drug-likeness (QED) is 0.779. The Morgan fingerprint density at radius 1 is 1.36 bits per heavy atom. The summed E-state index contributed by atoms with van der Waals surface area (Å²) in [4.78, 5) is 6.51. The Morgan fingerprint density at radius 2 is 2.07 bits per heavy atom. The van der Waals surface area contributed by atoms with Crippen LogP contribution < -0.4 is 4.90 Å². The number of nitrogens with zero attached hydrogens (tertiary/aromatic N) is 3. The van der Waals surface area contributed by atoms with Crippen molar-refractivity contribution in [2.24, 2.45) is 0 Å².